The first kappa shape index (κ1) is 20.3. The lowest BCUT2D eigenvalue weighted by Crippen LogP contribution is -2.40. The quantitative estimate of drug-likeness (QED) is 0.538. The van der Waals surface area contributed by atoms with Crippen molar-refractivity contribution < 1.29 is 14.4 Å². The fourth-order valence-corrected chi connectivity index (χ4v) is 3.74. The van der Waals surface area contributed by atoms with Gasteiger partial charge in [0.1, 0.15) is 5.54 Å². The predicted molar refractivity (Wildman–Crippen MR) is 119 cm³/mol. The third-order valence-electron chi connectivity index (χ3n) is 5.53. The van der Waals surface area contributed by atoms with Crippen molar-refractivity contribution in [3.63, 3.8) is 0 Å². The van der Waals surface area contributed by atoms with Crippen LogP contribution in [-0.2, 0) is 23.2 Å². The highest BCUT2D eigenvalue weighted by atomic mass is 16.2. The van der Waals surface area contributed by atoms with Crippen molar-refractivity contribution in [3.8, 4) is 0 Å². The molecule has 0 unspecified atom stereocenters. The first-order valence-electron chi connectivity index (χ1n) is 10.1. The molecule has 1 saturated heterocycles. The Balaban J connectivity index is 1.52. The molecule has 3 aromatic carbocycles. The summed E-state index contributed by atoms with van der Waals surface area (Å²) in [6, 6.07) is 24.1. The van der Waals surface area contributed by atoms with Gasteiger partial charge in [-0.15, -0.1) is 0 Å². The molecule has 0 spiro atoms. The molecular formula is C25H23N3O3. The number of urea groups is 1. The van der Waals surface area contributed by atoms with Crippen LogP contribution >= 0.6 is 0 Å². The number of aryl methyl sites for hydroxylation is 2. The lowest BCUT2D eigenvalue weighted by atomic mass is 9.92. The molecule has 4 rings (SSSR count). The summed E-state index contributed by atoms with van der Waals surface area (Å²) in [6.07, 6.45) is 1.59. The van der Waals surface area contributed by atoms with Gasteiger partial charge < -0.3 is 10.6 Å². The Kier molecular flexibility index (Phi) is 5.54. The molecule has 6 heteroatoms. The highest BCUT2D eigenvalue weighted by molar-refractivity contribution is 6.08. The van der Waals surface area contributed by atoms with Crippen molar-refractivity contribution in [2.75, 3.05) is 5.32 Å². The first-order chi connectivity index (χ1) is 15.0. The Labute approximate surface area is 180 Å². The second kappa shape index (κ2) is 8.44. The van der Waals surface area contributed by atoms with Crippen molar-refractivity contribution in [1.29, 1.82) is 0 Å². The average Bonchev–Trinajstić information content (AvgIpc) is 3.05. The zero-order valence-electron chi connectivity index (χ0n) is 17.1. The lowest BCUT2D eigenvalue weighted by molar-refractivity contribution is -0.123. The molecule has 156 valence electrons. The Morgan fingerprint density at radius 1 is 0.903 bits per heavy atom. The van der Waals surface area contributed by atoms with Crippen LogP contribution in [0.15, 0.2) is 78.9 Å². The van der Waals surface area contributed by atoms with Gasteiger partial charge in [0.2, 0.25) is 0 Å². The monoisotopic (exact) mass is 413 g/mol. The van der Waals surface area contributed by atoms with E-state index in [9.17, 15) is 14.4 Å². The minimum Gasteiger partial charge on any atom is -0.322 e. The van der Waals surface area contributed by atoms with Gasteiger partial charge in [0.15, 0.2) is 0 Å². The number of rotatable bonds is 6. The number of carbonyl (C=O) groups excluding carboxylic acids is 3. The molecule has 6 nitrogen and oxygen atoms in total. The summed E-state index contributed by atoms with van der Waals surface area (Å²) in [4.78, 5) is 36.8. The van der Waals surface area contributed by atoms with E-state index in [4.69, 9.17) is 0 Å². The highest BCUT2D eigenvalue weighted by Crippen LogP contribution is 2.27. The number of anilines is 1. The number of benzene rings is 3. The largest absolute Gasteiger partial charge is 0.322 e. The maximum atomic E-state index is 13.0. The van der Waals surface area contributed by atoms with Gasteiger partial charge in [-0.05, 0) is 54.7 Å². The van der Waals surface area contributed by atoms with Crippen LogP contribution in [0.2, 0.25) is 0 Å². The summed E-state index contributed by atoms with van der Waals surface area (Å²) in [5, 5.41) is 7.81. The standard InChI is InChI=1S/C25H23N3O3/c1-25(23(30)27-24(31)28-25)19-11-7-12-20(16-19)26-22(29)21-13-6-5-10-18(21)15-14-17-8-3-2-4-9-17/h2-13,16H,14-15H2,1H3,(H,26,29)(H2,27,28,30,31)/t25-/m0/s1. The summed E-state index contributed by atoms with van der Waals surface area (Å²) in [7, 11) is 0. The highest BCUT2D eigenvalue weighted by Gasteiger charge is 2.43. The van der Waals surface area contributed by atoms with E-state index in [0.717, 1.165) is 18.4 Å². The minimum absolute atomic E-state index is 0.217. The van der Waals surface area contributed by atoms with Crippen molar-refractivity contribution in [1.82, 2.24) is 10.6 Å². The summed E-state index contributed by atoms with van der Waals surface area (Å²) in [6.45, 7) is 1.63. The molecule has 0 bridgehead atoms. The normalized spacial score (nSPS) is 17.7. The van der Waals surface area contributed by atoms with E-state index in [0.29, 0.717) is 16.8 Å². The van der Waals surface area contributed by atoms with Crippen molar-refractivity contribution in [3.05, 3.63) is 101 Å². The smallest absolute Gasteiger partial charge is 0.322 e. The van der Waals surface area contributed by atoms with Gasteiger partial charge in [0, 0.05) is 11.3 Å². The van der Waals surface area contributed by atoms with Crippen LogP contribution in [0.3, 0.4) is 0 Å². The number of hydrogen-bond acceptors (Lipinski definition) is 3. The van der Waals surface area contributed by atoms with Crippen LogP contribution in [0, 0.1) is 0 Å². The van der Waals surface area contributed by atoms with Crippen LogP contribution in [0.25, 0.3) is 0 Å². The van der Waals surface area contributed by atoms with E-state index < -0.39 is 17.5 Å². The van der Waals surface area contributed by atoms with E-state index in [1.165, 1.54) is 5.56 Å². The van der Waals surface area contributed by atoms with Crippen LogP contribution < -0.4 is 16.0 Å². The van der Waals surface area contributed by atoms with E-state index in [1.54, 1.807) is 31.2 Å². The molecule has 0 radical (unpaired) electrons. The molecule has 0 saturated carbocycles. The Morgan fingerprint density at radius 3 is 2.39 bits per heavy atom. The van der Waals surface area contributed by atoms with Crippen LogP contribution in [0.1, 0.15) is 34.0 Å². The summed E-state index contributed by atoms with van der Waals surface area (Å²) in [5.41, 5.74) is 2.76. The number of hydrogen-bond donors (Lipinski definition) is 3. The van der Waals surface area contributed by atoms with Crippen molar-refractivity contribution in [2.24, 2.45) is 0 Å². The molecule has 3 N–H and O–H groups in total. The average molecular weight is 413 g/mol. The molecule has 0 aliphatic carbocycles. The Morgan fingerprint density at radius 2 is 1.65 bits per heavy atom. The maximum absolute atomic E-state index is 13.0. The summed E-state index contributed by atoms with van der Waals surface area (Å²) < 4.78 is 0. The van der Waals surface area contributed by atoms with E-state index in [2.05, 4.69) is 28.1 Å². The van der Waals surface area contributed by atoms with Crippen LogP contribution in [0.5, 0.6) is 0 Å². The van der Waals surface area contributed by atoms with Crippen molar-refractivity contribution >= 4 is 23.5 Å². The van der Waals surface area contributed by atoms with Gasteiger partial charge in [-0.25, -0.2) is 4.79 Å². The maximum Gasteiger partial charge on any atom is 0.322 e. The zero-order valence-corrected chi connectivity index (χ0v) is 17.1. The summed E-state index contributed by atoms with van der Waals surface area (Å²) in [5.74, 6) is -0.641. The number of carbonyl (C=O) groups is 3. The van der Waals surface area contributed by atoms with E-state index in [-0.39, 0.29) is 5.91 Å². The molecule has 1 aliphatic heterocycles. The van der Waals surface area contributed by atoms with Gasteiger partial charge in [0.05, 0.1) is 0 Å². The first-order valence-corrected chi connectivity index (χ1v) is 10.1. The Bertz CT molecular complexity index is 1140. The number of amides is 4. The number of imide groups is 1. The van der Waals surface area contributed by atoms with Gasteiger partial charge in [-0.3, -0.25) is 14.9 Å². The molecule has 1 fully saturated rings. The zero-order chi connectivity index (χ0) is 21.8. The van der Waals surface area contributed by atoms with Crippen LogP contribution in [0.4, 0.5) is 10.5 Å². The molecular weight excluding hydrogens is 390 g/mol. The van der Waals surface area contributed by atoms with Gasteiger partial charge in [-0.2, -0.15) is 0 Å². The lowest BCUT2D eigenvalue weighted by Gasteiger charge is -2.21. The molecule has 31 heavy (non-hydrogen) atoms. The molecule has 1 heterocycles. The third kappa shape index (κ3) is 4.33. The predicted octanol–water partition coefficient (Wildman–Crippen LogP) is 3.78. The summed E-state index contributed by atoms with van der Waals surface area (Å²) >= 11 is 0. The number of nitrogens with one attached hydrogen (secondary N) is 3. The minimum atomic E-state index is -1.18. The fourth-order valence-electron chi connectivity index (χ4n) is 3.74. The second-order valence-electron chi connectivity index (χ2n) is 7.71. The van der Waals surface area contributed by atoms with Gasteiger partial charge >= 0.3 is 6.03 Å². The molecule has 4 amide bonds. The SMILES string of the molecule is C[C@@]1(c2cccc(NC(=O)c3ccccc3CCc3ccccc3)c2)NC(=O)NC1=O. The van der Waals surface area contributed by atoms with E-state index in [1.807, 2.05) is 42.5 Å². The van der Waals surface area contributed by atoms with Gasteiger partial charge in [0.25, 0.3) is 11.8 Å². The molecule has 1 atom stereocenters. The third-order valence-corrected chi connectivity index (χ3v) is 5.53. The Hall–Kier alpha value is -3.93. The molecule has 1 aliphatic rings. The fraction of sp³-hybridized carbons (Fsp3) is 0.160. The molecule has 0 aromatic heterocycles. The van der Waals surface area contributed by atoms with Gasteiger partial charge in [-0.1, -0.05) is 60.7 Å². The molecule has 3 aromatic rings. The van der Waals surface area contributed by atoms with E-state index >= 15 is 0 Å². The van der Waals surface area contributed by atoms with Crippen LogP contribution in [-0.4, -0.2) is 17.8 Å². The second-order valence-corrected chi connectivity index (χ2v) is 7.71. The topological polar surface area (TPSA) is 87.3 Å². The van der Waals surface area contributed by atoms with Crippen molar-refractivity contribution in [2.45, 2.75) is 25.3 Å².